The van der Waals surface area contributed by atoms with Crippen molar-refractivity contribution in [2.45, 2.75) is 18.9 Å². The van der Waals surface area contributed by atoms with Gasteiger partial charge in [0.2, 0.25) is 5.91 Å². The third-order valence-electron chi connectivity index (χ3n) is 3.49. The first-order valence-electron chi connectivity index (χ1n) is 6.83. The summed E-state index contributed by atoms with van der Waals surface area (Å²) in [5, 5.41) is 3.04. The van der Waals surface area contributed by atoms with E-state index in [4.69, 9.17) is 0 Å². The molecule has 0 radical (unpaired) electrons. The van der Waals surface area contributed by atoms with Gasteiger partial charge in [-0.3, -0.25) is 9.59 Å². The fourth-order valence-electron chi connectivity index (χ4n) is 2.35. The molecule has 1 saturated heterocycles. The monoisotopic (exact) mass is 292 g/mol. The number of piperidine rings is 1. The summed E-state index contributed by atoms with van der Waals surface area (Å²) in [5.41, 5.74) is 0.688. The van der Waals surface area contributed by atoms with Crippen LogP contribution in [0.3, 0.4) is 0 Å². The average Bonchev–Trinajstić information content (AvgIpc) is 2.49. The molecule has 0 saturated carbocycles. The van der Waals surface area contributed by atoms with Crippen LogP contribution in [0, 0.1) is 0 Å². The van der Waals surface area contributed by atoms with Crippen molar-refractivity contribution in [1.29, 1.82) is 0 Å². The number of nitrogens with zero attached hydrogens (tertiary/aromatic N) is 1. The van der Waals surface area contributed by atoms with Crippen LogP contribution < -0.4 is 5.32 Å². The van der Waals surface area contributed by atoms with E-state index in [0.29, 0.717) is 11.3 Å². The molecule has 0 spiro atoms. The molecular weight excluding hydrogens is 272 g/mol. The number of hydrogen-bond donors (Lipinski definition) is 1. The maximum absolute atomic E-state index is 12.0. The molecule has 0 aromatic heterocycles. The minimum Gasteiger partial charge on any atom is -0.349 e. The number of amides is 2. The molecule has 1 aliphatic heterocycles. The van der Waals surface area contributed by atoms with Crippen LogP contribution in [-0.2, 0) is 4.79 Å². The summed E-state index contributed by atoms with van der Waals surface area (Å²) in [7, 11) is 0. The van der Waals surface area contributed by atoms with Gasteiger partial charge in [-0.05, 0) is 31.2 Å². The molecule has 4 nitrogen and oxygen atoms in total. The first-order chi connectivity index (χ1) is 9.70. The molecular formula is C15H20N2O2S. The van der Waals surface area contributed by atoms with Crippen molar-refractivity contribution in [1.82, 2.24) is 10.2 Å². The zero-order chi connectivity index (χ0) is 14.4. The van der Waals surface area contributed by atoms with E-state index < -0.39 is 0 Å². The molecule has 108 valence electrons. The SMILES string of the molecule is CSCC(=O)N1CCC(NC(=O)c2ccccc2)CC1. The lowest BCUT2D eigenvalue weighted by atomic mass is 10.0. The second-order valence-electron chi connectivity index (χ2n) is 4.93. The molecule has 20 heavy (non-hydrogen) atoms. The van der Waals surface area contributed by atoms with Crippen molar-refractivity contribution < 1.29 is 9.59 Å². The molecule has 0 atom stereocenters. The number of carbonyl (C=O) groups is 2. The Morgan fingerprint density at radius 2 is 1.90 bits per heavy atom. The number of benzene rings is 1. The van der Waals surface area contributed by atoms with Crippen molar-refractivity contribution in [3.63, 3.8) is 0 Å². The minimum absolute atomic E-state index is 0.0282. The fourth-order valence-corrected chi connectivity index (χ4v) is 2.78. The van der Waals surface area contributed by atoms with Crippen LogP contribution in [0.15, 0.2) is 30.3 Å². The van der Waals surface area contributed by atoms with Gasteiger partial charge >= 0.3 is 0 Å². The number of thioether (sulfide) groups is 1. The van der Waals surface area contributed by atoms with E-state index in [9.17, 15) is 9.59 Å². The van der Waals surface area contributed by atoms with Crippen LogP contribution in [0.2, 0.25) is 0 Å². The third kappa shape index (κ3) is 4.00. The standard InChI is InChI=1S/C15H20N2O2S/c1-20-11-14(18)17-9-7-13(8-10-17)16-15(19)12-5-3-2-4-6-12/h2-6,13H,7-11H2,1H3,(H,16,19). The van der Waals surface area contributed by atoms with Gasteiger partial charge in [-0.1, -0.05) is 18.2 Å². The molecule has 1 aromatic carbocycles. The first kappa shape index (κ1) is 14.9. The summed E-state index contributed by atoms with van der Waals surface area (Å²) < 4.78 is 0. The Morgan fingerprint density at radius 3 is 2.50 bits per heavy atom. The van der Waals surface area contributed by atoms with E-state index in [1.165, 1.54) is 0 Å². The van der Waals surface area contributed by atoms with Crippen LogP contribution in [0.5, 0.6) is 0 Å². The van der Waals surface area contributed by atoms with Crippen molar-refractivity contribution in [3.05, 3.63) is 35.9 Å². The van der Waals surface area contributed by atoms with Gasteiger partial charge in [-0.15, -0.1) is 0 Å². The fraction of sp³-hybridized carbons (Fsp3) is 0.467. The van der Waals surface area contributed by atoms with Gasteiger partial charge in [0.05, 0.1) is 5.75 Å². The van der Waals surface area contributed by atoms with Crippen molar-refractivity contribution in [2.75, 3.05) is 25.1 Å². The zero-order valence-electron chi connectivity index (χ0n) is 11.7. The van der Waals surface area contributed by atoms with Gasteiger partial charge < -0.3 is 10.2 Å². The molecule has 2 amide bonds. The molecule has 0 aliphatic carbocycles. The minimum atomic E-state index is -0.0282. The summed E-state index contributed by atoms with van der Waals surface area (Å²) in [4.78, 5) is 25.7. The molecule has 0 unspecified atom stereocenters. The zero-order valence-corrected chi connectivity index (χ0v) is 12.5. The highest BCUT2D eigenvalue weighted by molar-refractivity contribution is 7.99. The lowest BCUT2D eigenvalue weighted by Crippen LogP contribution is -2.47. The molecule has 1 heterocycles. The summed E-state index contributed by atoms with van der Waals surface area (Å²) in [5.74, 6) is 0.714. The van der Waals surface area contributed by atoms with Crippen molar-refractivity contribution >= 4 is 23.6 Å². The quantitative estimate of drug-likeness (QED) is 0.920. The number of hydrogen-bond acceptors (Lipinski definition) is 3. The number of likely N-dealkylation sites (tertiary alicyclic amines) is 1. The highest BCUT2D eigenvalue weighted by atomic mass is 32.2. The topological polar surface area (TPSA) is 49.4 Å². The molecule has 5 heteroatoms. The lowest BCUT2D eigenvalue weighted by Gasteiger charge is -2.32. The molecule has 1 aromatic rings. The van der Waals surface area contributed by atoms with E-state index in [1.54, 1.807) is 11.8 Å². The van der Waals surface area contributed by atoms with E-state index in [1.807, 2.05) is 41.5 Å². The number of nitrogens with one attached hydrogen (secondary N) is 1. The molecule has 1 fully saturated rings. The predicted molar refractivity (Wildman–Crippen MR) is 81.9 cm³/mol. The lowest BCUT2D eigenvalue weighted by molar-refractivity contribution is -0.129. The smallest absolute Gasteiger partial charge is 0.251 e. The Kier molecular flexibility index (Phi) is 5.47. The molecule has 2 rings (SSSR count). The number of rotatable bonds is 4. The highest BCUT2D eigenvalue weighted by Crippen LogP contribution is 2.12. The Hall–Kier alpha value is -1.49. The Morgan fingerprint density at radius 1 is 1.25 bits per heavy atom. The van der Waals surface area contributed by atoms with Gasteiger partial charge in [0, 0.05) is 24.7 Å². The molecule has 1 aliphatic rings. The van der Waals surface area contributed by atoms with E-state index in [0.717, 1.165) is 25.9 Å². The Labute approximate surface area is 123 Å². The van der Waals surface area contributed by atoms with Crippen molar-refractivity contribution in [3.8, 4) is 0 Å². The van der Waals surface area contributed by atoms with Crippen LogP contribution in [0.4, 0.5) is 0 Å². The normalized spacial score (nSPS) is 15.9. The van der Waals surface area contributed by atoms with Gasteiger partial charge in [-0.2, -0.15) is 11.8 Å². The van der Waals surface area contributed by atoms with Crippen LogP contribution >= 0.6 is 11.8 Å². The Bertz CT molecular complexity index is 456. The highest BCUT2D eigenvalue weighted by Gasteiger charge is 2.23. The second-order valence-corrected chi connectivity index (χ2v) is 5.79. The van der Waals surface area contributed by atoms with Crippen LogP contribution in [0.1, 0.15) is 23.2 Å². The number of carbonyl (C=O) groups excluding carboxylic acids is 2. The summed E-state index contributed by atoms with van der Waals surface area (Å²) >= 11 is 1.55. The average molecular weight is 292 g/mol. The predicted octanol–water partition coefficient (Wildman–Crippen LogP) is 1.77. The summed E-state index contributed by atoms with van der Waals surface area (Å²) in [6.45, 7) is 1.47. The van der Waals surface area contributed by atoms with E-state index >= 15 is 0 Å². The summed E-state index contributed by atoms with van der Waals surface area (Å²) in [6.07, 6.45) is 3.60. The van der Waals surface area contributed by atoms with E-state index in [-0.39, 0.29) is 17.9 Å². The maximum Gasteiger partial charge on any atom is 0.251 e. The second kappa shape index (κ2) is 7.33. The van der Waals surface area contributed by atoms with E-state index in [2.05, 4.69) is 5.32 Å². The van der Waals surface area contributed by atoms with Gasteiger partial charge in [-0.25, -0.2) is 0 Å². The van der Waals surface area contributed by atoms with Gasteiger partial charge in [0.15, 0.2) is 0 Å². The first-order valence-corrected chi connectivity index (χ1v) is 8.22. The summed E-state index contributed by atoms with van der Waals surface area (Å²) in [6, 6.07) is 9.41. The van der Waals surface area contributed by atoms with Crippen LogP contribution in [0.25, 0.3) is 0 Å². The molecule has 0 bridgehead atoms. The Balaban J connectivity index is 1.80. The largest absolute Gasteiger partial charge is 0.349 e. The maximum atomic E-state index is 12.0. The third-order valence-corrected chi connectivity index (χ3v) is 4.02. The van der Waals surface area contributed by atoms with Gasteiger partial charge in [0.1, 0.15) is 0 Å². The van der Waals surface area contributed by atoms with Gasteiger partial charge in [0.25, 0.3) is 5.91 Å². The molecule has 1 N–H and O–H groups in total. The van der Waals surface area contributed by atoms with Crippen LogP contribution in [-0.4, -0.2) is 47.9 Å². The van der Waals surface area contributed by atoms with Crippen molar-refractivity contribution in [2.24, 2.45) is 0 Å².